The summed E-state index contributed by atoms with van der Waals surface area (Å²) in [5, 5.41) is 0. The van der Waals surface area contributed by atoms with E-state index < -0.39 is 0 Å². The van der Waals surface area contributed by atoms with Gasteiger partial charge in [-0.05, 0) is 30.3 Å². The molecule has 17 heavy (non-hydrogen) atoms. The van der Waals surface area contributed by atoms with Gasteiger partial charge in [0.15, 0.2) is 0 Å². The average Bonchev–Trinajstić information content (AvgIpc) is 2.39. The van der Waals surface area contributed by atoms with Crippen LogP contribution >= 0.6 is 0 Å². The average molecular weight is 230 g/mol. The van der Waals surface area contributed by atoms with Crippen LogP contribution in [0.4, 0.5) is 5.82 Å². The first kappa shape index (κ1) is 11.3. The lowest BCUT2D eigenvalue weighted by Gasteiger charge is -2.06. The lowest BCUT2D eigenvalue weighted by atomic mass is 10.3. The summed E-state index contributed by atoms with van der Waals surface area (Å²) >= 11 is 0. The number of hydrogen-bond acceptors (Lipinski definition) is 4. The Bertz CT molecular complexity index is 466. The first-order chi connectivity index (χ1) is 8.28. The Hall–Kier alpha value is -2.23. The first-order valence-electron chi connectivity index (χ1n) is 5.25. The van der Waals surface area contributed by atoms with E-state index in [-0.39, 0.29) is 0 Å². The fraction of sp³-hybridized carbons (Fsp3) is 0.154. The summed E-state index contributed by atoms with van der Waals surface area (Å²) in [4.78, 5) is 4.00. The highest BCUT2D eigenvalue weighted by Crippen LogP contribution is 2.18. The number of nitrogens with two attached hydrogens (primary N) is 1. The first-order valence-corrected chi connectivity index (χ1v) is 5.25. The Kier molecular flexibility index (Phi) is 3.45. The number of nitrogens with zero attached hydrogens (tertiary/aromatic N) is 1. The lowest BCUT2D eigenvalue weighted by Crippen LogP contribution is -1.97. The molecular formula is C13H14N2O2. The van der Waals surface area contributed by atoms with Gasteiger partial charge in [0.2, 0.25) is 0 Å². The molecule has 0 spiro atoms. The molecule has 4 nitrogen and oxygen atoms in total. The largest absolute Gasteiger partial charge is 0.497 e. The van der Waals surface area contributed by atoms with Crippen molar-refractivity contribution in [1.82, 2.24) is 4.98 Å². The van der Waals surface area contributed by atoms with Crippen LogP contribution in [-0.4, -0.2) is 12.1 Å². The van der Waals surface area contributed by atoms with Crippen molar-refractivity contribution in [3.63, 3.8) is 0 Å². The van der Waals surface area contributed by atoms with Gasteiger partial charge in [-0.15, -0.1) is 0 Å². The number of benzene rings is 1. The maximum absolute atomic E-state index is 5.60. The second kappa shape index (κ2) is 5.21. The van der Waals surface area contributed by atoms with Crippen LogP contribution in [0.5, 0.6) is 11.5 Å². The molecule has 2 rings (SSSR count). The minimum atomic E-state index is 0.472. The Balaban J connectivity index is 1.95. The van der Waals surface area contributed by atoms with Crippen LogP contribution in [0.1, 0.15) is 5.56 Å². The highest BCUT2D eigenvalue weighted by Gasteiger charge is 1.97. The number of ether oxygens (including phenoxy) is 2. The summed E-state index contributed by atoms with van der Waals surface area (Å²) in [7, 11) is 1.63. The smallest absolute Gasteiger partial charge is 0.123 e. The van der Waals surface area contributed by atoms with Gasteiger partial charge in [0.25, 0.3) is 0 Å². The number of aromatic nitrogens is 1. The Morgan fingerprint density at radius 2 is 1.76 bits per heavy atom. The molecule has 4 heteroatoms. The SMILES string of the molecule is COc1ccc(OCc2ccc(N)nc2)cc1. The highest BCUT2D eigenvalue weighted by atomic mass is 16.5. The molecule has 0 saturated heterocycles. The molecule has 2 aromatic rings. The van der Waals surface area contributed by atoms with Gasteiger partial charge in [0.1, 0.15) is 23.9 Å². The van der Waals surface area contributed by atoms with E-state index in [1.54, 1.807) is 19.4 Å². The molecule has 0 saturated carbocycles. The van der Waals surface area contributed by atoms with Gasteiger partial charge >= 0.3 is 0 Å². The maximum Gasteiger partial charge on any atom is 0.123 e. The third kappa shape index (κ3) is 3.11. The Morgan fingerprint density at radius 1 is 1.06 bits per heavy atom. The van der Waals surface area contributed by atoms with Crippen LogP contribution in [0.25, 0.3) is 0 Å². The predicted octanol–water partition coefficient (Wildman–Crippen LogP) is 2.25. The molecule has 0 unspecified atom stereocenters. The molecule has 0 amide bonds. The quantitative estimate of drug-likeness (QED) is 0.875. The van der Waals surface area contributed by atoms with E-state index in [2.05, 4.69) is 4.98 Å². The summed E-state index contributed by atoms with van der Waals surface area (Å²) in [5.74, 6) is 2.12. The summed E-state index contributed by atoms with van der Waals surface area (Å²) in [6, 6.07) is 11.1. The van der Waals surface area contributed by atoms with Crippen molar-refractivity contribution < 1.29 is 9.47 Å². The zero-order chi connectivity index (χ0) is 12.1. The molecule has 1 heterocycles. The van der Waals surface area contributed by atoms with Crippen molar-refractivity contribution in [1.29, 1.82) is 0 Å². The molecule has 0 bridgehead atoms. The van der Waals surface area contributed by atoms with Crippen LogP contribution in [0.15, 0.2) is 42.6 Å². The van der Waals surface area contributed by atoms with E-state index in [1.165, 1.54) is 0 Å². The summed E-state index contributed by atoms with van der Waals surface area (Å²) in [6.45, 7) is 0.472. The molecule has 0 aliphatic heterocycles. The van der Waals surface area contributed by atoms with Gasteiger partial charge in [-0.1, -0.05) is 6.07 Å². The standard InChI is InChI=1S/C13H14N2O2/c1-16-11-3-5-12(6-4-11)17-9-10-2-7-13(14)15-8-10/h2-8H,9H2,1H3,(H2,14,15). The molecule has 0 atom stereocenters. The number of anilines is 1. The minimum absolute atomic E-state index is 0.472. The van der Waals surface area contributed by atoms with E-state index in [1.807, 2.05) is 30.3 Å². The Labute approximate surface area is 100 Å². The molecule has 0 radical (unpaired) electrons. The summed E-state index contributed by atoms with van der Waals surface area (Å²) in [6.07, 6.45) is 1.71. The van der Waals surface area contributed by atoms with E-state index in [9.17, 15) is 0 Å². The van der Waals surface area contributed by atoms with Crippen molar-refractivity contribution >= 4 is 5.82 Å². The van der Waals surface area contributed by atoms with Crippen LogP contribution in [0.3, 0.4) is 0 Å². The zero-order valence-corrected chi connectivity index (χ0v) is 9.59. The summed E-state index contributed by atoms with van der Waals surface area (Å²) in [5.41, 5.74) is 6.48. The van der Waals surface area contributed by atoms with E-state index in [0.717, 1.165) is 17.1 Å². The number of nitrogen functional groups attached to an aromatic ring is 1. The molecule has 0 fully saturated rings. The van der Waals surface area contributed by atoms with Crippen molar-refractivity contribution in [2.24, 2.45) is 0 Å². The van der Waals surface area contributed by atoms with E-state index in [0.29, 0.717) is 12.4 Å². The molecule has 2 N–H and O–H groups in total. The van der Waals surface area contributed by atoms with Gasteiger partial charge in [-0.3, -0.25) is 0 Å². The fourth-order valence-electron chi connectivity index (χ4n) is 1.36. The van der Waals surface area contributed by atoms with Gasteiger partial charge in [-0.2, -0.15) is 0 Å². The minimum Gasteiger partial charge on any atom is -0.497 e. The maximum atomic E-state index is 5.60. The van der Waals surface area contributed by atoms with Crippen molar-refractivity contribution in [3.8, 4) is 11.5 Å². The third-order valence-corrected chi connectivity index (χ3v) is 2.31. The normalized spacial score (nSPS) is 9.94. The second-order valence-corrected chi connectivity index (χ2v) is 3.56. The molecular weight excluding hydrogens is 216 g/mol. The van der Waals surface area contributed by atoms with Crippen molar-refractivity contribution in [2.75, 3.05) is 12.8 Å². The number of pyridine rings is 1. The second-order valence-electron chi connectivity index (χ2n) is 3.56. The number of hydrogen-bond donors (Lipinski definition) is 1. The van der Waals surface area contributed by atoms with Crippen LogP contribution in [0.2, 0.25) is 0 Å². The molecule has 0 aliphatic rings. The number of rotatable bonds is 4. The molecule has 1 aromatic carbocycles. The van der Waals surface area contributed by atoms with E-state index in [4.69, 9.17) is 15.2 Å². The van der Waals surface area contributed by atoms with Crippen LogP contribution < -0.4 is 15.2 Å². The van der Waals surface area contributed by atoms with Gasteiger partial charge in [0, 0.05) is 11.8 Å². The highest BCUT2D eigenvalue weighted by molar-refractivity contribution is 5.32. The fourth-order valence-corrected chi connectivity index (χ4v) is 1.36. The molecule has 88 valence electrons. The Morgan fingerprint density at radius 3 is 2.35 bits per heavy atom. The lowest BCUT2D eigenvalue weighted by molar-refractivity contribution is 0.305. The predicted molar refractivity (Wildman–Crippen MR) is 66.0 cm³/mol. The van der Waals surface area contributed by atoms with Crippen molar-refractivity contribution in [2.45, 2.75) is 6.61 Å². The van der Waals surface area contributed by atoms with Gasteiger partial charge in [0.05, 0.1) is 7.11 Å². The van der Waals surface area contributed by atoms with Gasteiger partial charge < -0.3 is 15.2 Å². The van der Waals surface area contributed by atoms with Crippen LogP contribution in [0, 0.1) is 0 Å². The molecule has 0 aliphatic carbocycles. The monoisotopic (exact) mass is 230 g/mol. The van der Waals surface area contributed by atoms with Gasteiger partial charge in [-0.25, -0.2) is 4.98 Å². The van der Waals surface area contributed by atoms with E-state index >= 15 is 0 Å². The zero-order valence-electron chi connectivity index (χ0n) is 9.59. The molecule has 1 aromatic heterocycles. The van der Waals surface area contributed by atoms with Crippen LogP contribution in [-0.2, 0) is 6.61 Å². The number of methoxy groups -OCH3 is 1. The third-order valence-electron chi connectivity index (χ3n) is 2.31. The van der Waals surface area contributed by atoms with Crippen molar-refractivity contribution in [3.05, 3.63) is 48.2 Å². The topological polar surface area (TPSA) is 57.4 Å². The summed E-state index contributed by atoms with van der Waals surface area (Å²) < 4.78 is 10.7.